The summed E-state index contributed by atoms with van der Waals surface area (Å²) < 4.78 is 7.42. The van der Waals surface area contributed by atoms with Gasteiger partial charge in [0, 0.05) is 11.3 Å². The number of nitrogens with zero attached hydrogens (tertiary/aromatic N) is 3. The monoisotopic (exact) mass is 403 g/mol. The predicted molar refractivity (Wildman–Crippen MR) is 115 cm³/mol. The van der Waals surface area contributed by atoms with Gasteiger partial charge in [-0.1, -0.05) is 42.1 Å². The standard InChI is InChI=1S/C23H21N3O2S/c1-15-9-10-18(13-16(15)2)21(27)14-29-23-25-24-22(20-11-12-28-17(20)3)26(23)19-7-5-4-6-8-19/h4-13H,14H2,1-3H3. The van der Waals surface area contributed by atoms with Gasteiger partial charge in [-0.2, -0.15) is 0 Å². The van der Waals surface area contributed by atoms with Gasteiger partial charge in [0.05, 0.1) is 17.6 Å². The molecule has 0 unspecified atom stereocenters. The second kappa shape index (κ2) is 8.09. The zero-order valence-electron chi connectivity index (χ0n) is 16.5. The summed E-state index contributed by atoms with van der Waals surface area (Å²) in [5.41, 5.74) is 4.84. The van der Waals surface area contributed by atoms with Crippen molar-refractivity contribution < 1.29 is 9.21 Å². The molecule has 2 aromatic heterocycles. The number of aromatic nitrogens is 3. The molecular weight excluding hydrogens is 382 g/mol. The first-order valence-corrected chi connectivity index (χ1v) is 10.3. The van der Waals surface area contributed by atoms with Gasteiger partial charge in [0.25, 0.3) is 0 Å². The van der Waals surface area contributed by atoms with Crippen molar-refractivity contribution in [1.82, 2.24) is 14.8 Å². The second-order valence-electron chi connectivity index (χ2n) is 6.88. The van der Waals surface area contributed by atoms with Crippen molar-refractivity contribution in [3.05, 3.63) is 83.3 Å². The molecule has 0 aliphatic carbocycles. The highest BCUT2D eigenvalue weighted by molar-refractivity contribution is 7.99. The Morgan fingerprint density at radius 1 is 1.00 bits per heavy atom. The summed E-state index contributed by atoms with van der Waals surface area (Å²) in [7, 11) is 0. The van der Waals surface area contributed by atoms with Crippen LogP contribution < -0.4 is 0 Å². The molecule has 2 heterocycles. The van der Waals surface area contributed by atoms with Crippen LogP contribution in [0.4, 0.5) is 0 Å². The summed E-state index contributed by atoms with van der Waals surface area (Å²) in [5, 5.41) is 9.43. The van der Waals surface area contributed by atoms with Crippen LogP contribution in [0.5, 0.6) is 0 Å². The first kappa shape index (κ1) is 19.2. The van der Waals surface area contributed by atoms with Crippen LogP contribution in [0.25, 0.3) is 17.1 Å². The van der Waals surface area contributed by atoms with Crippen LogP contribution in [-0.2, 0) is 0 Å². The summed E-state index contributed by atoms with van der Waals surface area (Å²) in [4.78, 5) is 12.7. The molecule has 0 saturated heterocycles. The molecule has 29 heavy (non-hydrogen) atoms. The molecule has 146 valence electrons. The first-order chi connectivity index (χ1) is 14.0. The van der Waals surface area contributed by atoms with E-state index in [-0.39, 0.29) is 11.5 Å². The van der Waals surface area contributed by atoms with Crippen LogP contribution >= 0.6 is 11.8 Å². The molecule has 0 atom stereocenters. The van der Waals surface area contributed by atoms with E-state index < -0.39 is 0 Å². The molecule has 4 aromatic rings. The lowest BCUT2D eigenvalue weighted by Crippen LogP contribution is -2.05. The number of carbonyl (C=O) groups excluding carboxylic acids is 1. The highest BCUT2D eigenvalue weighted by atomic mass is 32.2. The van der Waals surface area contributed by atoms with Gasteiger partial charge in [-0.3, -0.25) is 9.36 Å². The van der Waals surface area contributed by atoms with E-state index in [1.165, 1.54) is 17.3 Å². The number of benzene rings is 2. The minimum Gasteiger partial charge on any atom is -0.469 e. The number of carbonyl (C=O) groups is 1. The molecule has 4 rings (SSSR count). The van der Waals surface area contributed by atoms with Gasteiger partial charge < -0.3 is 4.42 Å². The van der Waals surface area contributed by atoms with Crippen molar-refractivity contribution >= 4 is 17.5 Å². The number of hydrogen-bond donors (Lipinski definition) is 0. The largest absolute Gasteiger partial charge is 0.469 e. The van der Waals surface area contributed by atoms with Gasteiger partial charge >= 0.3 is 0 Å². The van der Waals surface area contributed by atoms with Crippen molar-refractivity contribution in [3.63, 3.8) is 0 Å². The topological polar surface area (TPSA) is 60.9 Å². The van der Waals surface area contributed by atoms with E-state index in [4.69, 9.17) is 4.42 Å². The van der Waals surface area contributed by atoms with E-state index >= 15 is 0 Å². The summed E-state index contributed by atoms with van der Waals surface area (Å²) in [6.07, 6.45) is 1.64. The number of ketones is 1. The highest BCUT2D eigenvalue weighted by Gasteiger charge is 2.20. The Kier molecular flexibility index (Phi) is 5.36. The molecule has 5 nitrogen and oxygen atoms in total. The molecular formula is C23H21N3O2S. The third-order valence-electron chi connectivity index (χ3n) is 4.91. The van der Waals surface area contributed by atoms with Crippen LogP contribution in [0.3, 0.4) is 0 Å². The lowest BCUT2D eigenvalue weighted by Gasteiger charge is -2.10. The van der Waals surface area contributed by atoms with Crippen LogP contribution in [0.2, 0.25) is 0 Å². The average Bonchev–Trinajstić information content (AvgIpc) is 3.34. The van der Waals surface area contributed by atoms with E-state index in [9.17, 15) is 4.79 Å². The Hall–Kier alpha value is -3.12. The normalized spacial score (nSPS) is 11.0. The van der Waals surface area contributed by atoms with Gasteiger partial charge in [-0.15, -0.1) is 10.2 Å². The molecule has 6 heteroatoms. The summed E-state index contributed by atoms with van der Waals surface area (Å²) >= 11 is 1.39. The van der Waals surface area contributed by atoms with E-state index in [2.05, 4.69) is 10.2 Å². The number of thioether (sulfide) groups is 1. The van der Waals surface area contributed by atoms with Crippen molar-refractivity contribution in [2.75, 3.05) is 5.75 Å². The van der Waals surface area contributed by atoms with Crippen molar-refractivity contribution in [2.24, 2.45) is 0 Å². The summed E-state index contributed by atoms with van der Waals surface area (Å²) in [6.45, 7) is 5.96. The maximum absolute atomic E-state index is 12.7. The fraction of sp³-hybridized carbons (Fsp3) is 0.174. The fourth-order valence-electron chi connectivity index (χ4n) is 3.09. The van der Waals surface area contributed by atoms with Gasteiger partial charge in [-0.25, -0.2) is 0 Å². The first-order valence-electron chi connectivity index (χ1n) is 9.33. The minimum atomic E-state index is 0.0711. The van der Waals surface area contributed by atoms with Crippen LogP contribution in [0.1, 0.15) is 27.2 Å². The highest BCUT2D eigenvalue weighted by Crippen LogP contribution is 2.30. The number of rotatable bonds is 6. The number of furan rings is 1. The Morgan fingerprint density at radius 3 is 2.48 bits per heavy atom. The summed E-state index contributed by atoms with van der Waals surface area (Å²) in [6, 6.07) is 17.6. The maximum Gasteiger partial charge on any atom is 0.196 e. The van der Waals surface area contributed by atoms with E-state index in [1.54, 1.807) is 6.26 Å². The van der Waals surface area contributed by atoms with Gasteiger partial charge in [0.1, 0.15) is 5.76 Å². The number of hydrogen-bond acceptors (Lipinski definition) is 5. The molecule has 0 aliphatic heterocycles. The third-order valence-corrected chi connectivity index (χ3v) is 5.84. The van der Waals surface area contributed by atoms with Crippen LogP contribution in [0, 0.1) is 20.8 Å². The SMILES string of the molecule is Cc1ccc(C(=O)CSc2nnc(-c3ccoc3C)n2-c2ccccc2)cc1C. The minimum absolute atomic E-state index is 0.0711. The Balaban J connectivity index is 1.65. The van der Waals surface area contributed by atoms with E-state index in [1.807, 2.05) is 79.9 Å². The van der Waals surface area contributed by atoms with E-state index in [0.29, 0.717) is 11.0 Å². The molecule has 0 fully saturated rings. The van der Waals surface area contributed by atoms with Crippen LogP contribution in [0.15, 0.2) is 70.4 Å². The third kappa shape index (κ3) is 3.89. The smallest absolute Gasteiger partial charge is 0.196 e. The molecule has 2 aromatic carbocycles. The average molecular weight is 404 g/mol. The lowest BCUT2D eigenvalue weighted by molar-refractivity contribution is 0.102. The molecule has 0 N–H and O–H groups in total. The van der Waals surface area contributed by atoms with Crippen molar-refractivity contribution in [1.29, 1.82) is 0 Å². The number of aryl methyl sites for hydroxylation is 3. The molecule has 0 saturated carbocycles. The Morgan fingerprint density at radius 2 is 1.79 bits per heavy atom. The maximum atomic E-state index is 12.7. The van der Waals surface area contributed by atoms with Crippen molar-refractivity contribution in [3.8, 4) is 17.1 Å². The van der Waals surface area contributed by atoms with Gasteiger partial charge in [-0.05, 0) is 56.2 Å². The molecule has 0 bridgehead atoms. The fourth-order valence-corrected chi connectivity index (χ4v) is 3.94. The number of Topliss-reactive ketones (excluding diaryl/α,β-unsaturated/α-hetero) is 1. The predicted octanol–water partition coefficient (Wildman–Crippen LogP) is 5.43. The zero-order valence-corrected chi connectivity index (χ0v) is 17.4. The quantitative estimate of drug-likeness (QED) is 0.317. The number of para-hydroxylation sites is 1. The molecule has 0 spiro atoms. The molecule has 0 radical (unpaired) electrons. The lowest BCUT2D eigenvalue weighted by atomic mass is 10.0. The molecule has 0 aliphatic rings. The Labute approximate surface area is 173 Å². The second-order valence-corrected chi connectivity index (χ2v) is 7.82. The van der Waals surface area contributed by atoms with Gasteiger partial charge in [0.2, 0.25) is 0 Å². The Bertz CT molecular complexity index is 1160. The van der Waals surface area contributed by atoms with Crippen LogP contribution in [-0.4, -0.2) is 26.3 Å². The van der Waals surface area contributed by atoms with Crippen molar-refractivity contribution in [2.45, 2.75) is 25.9 Å². The molecule has 0 amide bonds. The zero-order chi connectivity index (χ0) is 20.4. The van der Waals surface area contributed by atoms with Gasteiger partial charge in [0.15, 0.2) is 16.8 Å². The van der Waals surface area contributed by atoms with E-state index in [0.717, 1.165) is 28.1 Å². The summed E-state index contributed by atoms with van der Waals surface area (Å²) in [5.74, 6) is 1.83.